The highest BCUT2D eigenvalue weighted by Gasteiger charge is 2.17. The van der Waals surface area contributed by atoms with Gasteiger partial charge in [0.25, 0.3) is 5.56 Å². The van der Waals surface area contributed by atoms with Crippen LogP contribution in [0.15, 0.2) is 58.5 Å². The van der Waals surface area contributed by atoms with Gasteiger partial charge in [-0.3, -0.25) is 18.6 Å². The smallest absolute Gasteiger partial charge is 0.262 e. The largest absolute Gasteiger partial charge is 0.351 e. The molecule has 9 heteroatoms. The summed E-state index contributed by atoms with van der Waals surface area (Å²) in [5.74, 6) is 1.01. The maximum absolute atomic E-state index is 13.1. The van der Waals surface area contributed by atoms with Gasteiger partial charge in [0.05, 0.1) is 16.7 Å². The summed E-state index contributed by atoms with van der Waals surface area (Å²) in [6.07, 6.45) is 0.856. The van der Waals surface area contributed by atoms with Crippen molar-refractivity contribution >= 4 is 46.0 Å². The number of fused-ring (bicyclic) bond motifs is 3. The molecule has 0 saturated carbocycles. The number of nitrogens with one attached hydrogen (secondary N) is 1. The normalized spacial score (nSPS) is 11.5. The summed E-state index contributed by atoms with van der Waals surface area (Å²) in [6, 6.07) is 14.8. The van der Waals surface area contributed by atoms with Crippen molar-refractivity contribution in [3.05, 3.63) is 69.5 Å². The zero-order valence-electron chi connectivity index (χ0n) is 17.9. The predicted octanol–water partition coefficient (Wildman–Crippen LogP) is 4.15. The lowest BCUT2D eigenvalue weighted by Gasteiger charge is -2.12. The van der Waals surface area contributed by atoms with Gasteiger partial charge in [0.2, 0.25) is 11.7 Å². The van der Waals surface area contributed by atoms with Crippen LogP contribution in [0.1, 0.15) is 25.8 Å². The Kier molecular flexibility index (Phi) is 6.81. The molecule has 0 radical (unpaired) electrons. The van der Waals surface area contributed by atoms with Crippen LogP contribution >= 0.6 is 23.4 Å². The molecule has 0 fully saturated rings. The number of thioether (sulfide) groups is 1. The summed E-state index contributed by atoms with van der Waals surface area (Å²) in [4.78, 5) is 25.5. The van der Waals surface area contributed by atoms with Crippen molar-refractivity contribution in [3.63, 3.8) is 0 Å². The second-order valence-corrected chi connectivity index (χ2v) is 9.35. The maximum Gasteiger partial charge on any atom is 0.262 e. The Labute approximate surface area is 194 Å². The summed E-state index contributed by atoms with van der Waals surface area (Å²) in [7, 11) is 0. The Hall–Kier alpha value is -2.84. The standard InChI is InChI=1S/C23H24ClN5O2S/c1-15(2)10-11-28-21(31)18-8-3-4-9-19(18)29-22(28)26-27-23(29)32-14-20(30)25-13-16-6-5-7-17(24)12-16/h3-9,12,15H,10-11,13-14H2,1-2H3,(H,25,30). The van der Waals surface area contributed by atoms with Crippen LogP contribution < -0.4 is 10.9 Å². The number of halogens is 1. The van der Waals surface area contributed by atoms with Gasteiger partial charge in [0.15, 0.2) is 5.16 Å². The second-order valence-electron chi connectivity index (χ2n) is 7.97. The topological polar surface area (TPSA) is 81.3 Å². The molecule has 4 aromatic rings. The Morgan fingerprint density at radius 3 is 2.75 bits per heavy atom. The van der Waals surface area contributed by atoms with Crippen molar-refractivity contribution in [1.29, 1.82) is 0 Å². The number of carbonyl (C=O) groups is 1. The van der Waals surface area contributed by atoms with E-state index in [9.17, 15) is 9.59 Å². The Morgan fingerprint density at radius 1 is 1.16 bits per heavy atom. The van der Waals surface area contributed by atoms with E-state index in [-0.39, 0.29) is 17.2 Å². The van der Waals surface area contributed by atoms with E-state index in [2.05, 4.69) is 29.4 Å². The van der Waals surface area contributed by atoms with Crippen LogP contribution in [0, 0.1) is 5.92 Å². The predicted molar refractivity (Wildman–Crippen MR) is 128 cm³/mol. The monoisotopic (exact) mass is 469 g/mol. The molecule has 0 spiro atoms. The van der Waals surface area contributed by atoms with Crippen molar-refractivity contribution in [1.82, 2.24) is 24.5 Å². The fraction of sp³-hybridized carbons (Fsp3) is 0.304. The second kappa shape index (κ2) is 9.75. The first kappa shape index (κ1) is 22.4. The van der Waals surface area contributed by atoms with E-state index in [0.717, 1.165) is 17.5 Å². The SMILES string of the molecule is CC(C)CCn1c(=O)c2ccccc2n2c(SCC(=O)NCc3cccc(Cl)c3)nnc12. The number of rotatable bonds is 8. The number of amides is 1. The molecule has 1 amide bonds. The molecule has 0 unspecified atom stereocenters. The van der Waals surface area contributed by atoms with Crippen molar-refractivity contribution < 1.29 is 4.79 Å². The molecule has 0 bridgehead atoms. The van der Waals surface area contributed by atoms with Gasteiger partial charge in [0, 0.05) is 18.1 Å². The van der Waals surface area contributed by atoms with Crippen LogP contribution in [0.5, 0.6) is 0 Å². The molecule has 0 aliphatic carbocycles. The lowest BCUT2D eigenvalue weighted by Crippen LogP contribution is -2.25. The molecule has 0 aliphatic heterocycles. The molecule has 2 aromatic heterocycles. The molecule has 0 aliphatic rings. The average Bonchev–Trinajstić information content (AvgIpc) is 3.20. The molecule has 2 aromatic carbocycles. The highest BCUT2D eigenvalue weighted by atomic mass is 35.5. The Balaban J connectivity index is 1.58. The van der Waals surface area contributed by atoms with Crippen LogP contribution in [-0.4, -0.2) is 30.8 Å². The molecule has 0 atom stereocenters. The summed E-state index contributed by atoms with van der Waals surface area (Å²) >= 11 is 7.29. The first-order valence-electron chi connectivity index (χ1n) is 10.4. The minimum Gasteiger partial charge on any atom is -0.351 e. The van der Waals surface area contributed by atoms with E-state index < -0.39 is 0 Å². The third-order valence-electron chi connectivity index (χ3n) is 5.12. The van der Waals surface area contributed by atoms with Crippen molar-refractivity contribution in [2.75, 3.05) is 5.75 Å². The third-order valence-corrected chi connectivity index (χ3v) is 6.28. The van der Waals surface area contributed by atoms with E-state index in [1.54, 1.807) is 10.6 Å². The van der Waals surface area contributed by atoms with Gasteiger partial charge in [-0.15, -0.1) is 10.2 Å². The fourth-order valence-corrected chi connectivity index (χ4v) is 4.43. The number of aryl methyl sites for hydroxylation is 1. The van der Waals surface area contributed by atoms with Gasteiger partial charge >= 0.3 is 0 Å². The molecule has 32 heavy (non-hydrogen) atoms. The number of benzene rings is 2. The van der Waals surface area contributed by atoms with E-state index in [0.29, 0.717) is 40.4 Å². The molecule has 4 rings (SSSR count). The van der Waals surface area contributed by atoms with Gasteiger partial charge in [-0.25, -0.2) is 0 Å². The Bertz CT molecular complexity index is 1330. The van der Waals surface area contributed by atoms with Crippen LogP contribution in [0.3, 0.4) is 0 Å². The van der Waals surface area contributed by atoms with Crippen LogP contribution in [0.2, 0.25) is 5.02 Å². The summed E-state index contributed by atoms with van der Waals surface area (Å²) in [5.41, 5.74) is 1.60. The zero-order chi connectivity index (χ0) is 22.7. The molecule has 2 heterocycles. The number of hydrogen-bond donors (Lipinski definition) is 1. The molecule has 166 valence electrons. The molecule has 1 N–H and O–H groups in total. The highest BCUT2D eigenvalue weighted by molar-refractivity contribution is 7.99. The van der Waals surface area contributed by atoms with E-state index in [1.807, 2.05) is 46.9 Å². The van der Waals surface area contributed by atoms with Gasteiger partial charge < -0.3 is 5.32 Å². The maximum atomic E-state index is 13.1. The minimum atomic E-state index is -0.121. The van der Waals surface area contributed by atoms with Gasteiger partial charge in [-0.2, -0.15) is 0 Å². The lowest BCUT2D eigenvalue weighted by atomic mass is 10.1. The summed E-state index contributed by atoms with van der Waals surface area (Å²) < 4.78 is 3.55. The van der Waals surface area contributed by atoms with Crippen LogP contribution in [0.25, 0.3) is 16.7 Å². The van der Waals surface area contributed by atoms with Crippen molar-refractivity contribution in [2.24, 2.45) is 5.92 Å². The quantitative estimate of drug-likeness (QED) is 0.392. The number of para-hydroxylation sites is 1. The van der Waals surface area contributed by atoms with Crippen LogP contribution in [0.4, 0.5) is 0 Å². The Morgan fingerprint density at radius 2 is 1.97 bits per heavy atom. The molecule has 7 nitrogen and oxygen atoms in total. The number of carbonyl (C=O) groups excluding carboxylic acids is 1. The zero-order valence-corrected chi connectivity index (χ0v) is 19.5. The van der Waals surface area contributed by atoms with Gasteiger partial charge in [0.1, 0.15) is 0 Å². The third kappa shape index (κ3) is 4.81. The number of aromatic nitrogens is 4. The van der Waals surface area contributed by atoms with Crippen molar-refractivity contribution in [2.45, 2.75) is 38.5 Å². The summed E-state index contributed by atoms with van der Waals surface area (Å²) in [5, 5.41) is 13.3. The first-order valence-corrected chi connectivity index (χ1v) is 11.8. The van der Waals surface area contributed by atoms with E-state index in [4.69, 9.17) is 11.6 Å². The summed E-state index contributed by atoms with van der Waals surface area (Å²) in [6.45, 7) is 5.21. The van der Waals surface area contributed by atoms with Crippen molar-refractivity contribution in [3.8, 4) is 0 Å². The van der Waals surface area contributed by atoms with Gasteiger partial charge in [-0.1, -0.05) is 61.5 Å². The van der Waals surface area contributed by atoms with E-state index in [1.165, 1.54) is 11.8 Å². The highest BCUT2D eigenvalue weighted by Crippen LogP contribution is 2.22. The van der Waals surface area contributed by atoms with E-state index >= 15 is 0 Å². The average molecular weight is 470 g/mol. The van der Waals surface area contributed by atoms with Crippen LogP contribution in [-0.2, 0) is 17.9 Å². The minimum absolute atomic E-state index is 0.0723. The molecular formula is C23H24ClN5O2S. The molecular weight excluding hydrogens is 446 g/mol. The lowest BCUT2D eigenvalue weighted by molar-refractivity contribution is -0.118. The first-order chi connectivity index (χ1) is 15.4. The fourth-order valence-electron chi connectivity index (χ4n) is 3.44. The van der Waals surface area contributed by atoms with Gasteiger partial charge in [-0.05, 0) is 42.2 Å². The number of hydrogen-bond acceptors (Lipinski definition) is 5. The number of nitrogens with zero attached hydrogens (tertiary/aromatic N) is 4. The molecule has 0 saturated heterocycles.